The number of urea groups is 1. The third-order valence-corrected chi connectivity index (χ3v) is 4.71. The van der Waals surface area contributed by atoms with Crippen LogP contribution in [0.5, 0.6) is 0 Å². The predicted molar refractivity (Wildman–Crippen MR) is 88.3 cm³/mol. The highest BCUT2D eigenvalue weighted by Crippen LogP contribution is 2.31. The average molecular weight is 318 g/mol. The summed E-state index contributed by atoms with van der Waals surface area (Å²) < 4.78 is 11.4. The van der Waals surface area contributed by atoms with E-state index in [0.29, 0.717) is 26.3 Å². The summed E-state index contributed by atoms with van der Waals surface area (Å²) in [7, 11) is 0. The molecule has 0 radical (unpaired) electrons. The van der Waals surface area contributed by atoms with Gasteiger partial charge >= 0.3 is 6.03 Å². The van der Waals surface area contributed by atoms with Crippen LogP contribution in [-0.2, 0) is 9.47 Å². The van der Waals surface area contributed by atoms with Crippen molar-refractivity contribution in [3.8, 4) is 0 Å². The van der Waals surface area contributed by atoms with Gasteiger partial charge in [-0.05, 0) is 26.3 Å². The maximum atomic E-state index is 12.5. The molecule has 1 aromatic carbocycles. The maximum Gasteiger partial charge on any atom is 0.317 e. The van der Waals surface area contributed by atoms with Gasteiger partial charge in [0, 0.05) is 25.9 Å². The number of ether oxygens (including phenoxy) is 2. The Labute approximate surface area is 137 Å². The first-order valence-electron chi connectivity index (χ1n) is 8.39. The third-order valence-electron chi connectivity index (χ3n) is 4.71. The molecule has 5 heteroatoms. The van der Waals surface area contributed by atoms with E-state index >= 15 is 0 Å². The van der Waals surface area contributed by atoms with Gasteiger partial charge in [-0.1, -0.05) is 29.3 Å². The summed E-state index contributed by atoms with van der Waals surface area (Å²) in [5.74, 6) is -0.434. The van der Waals surface area contributed by atoms with Crippen LogP contribution in [0, 0.1) is 13.8 Å². The van der Waals surface area contributed by atoms with Crippen LogP contribution >= 0.6 is 0 Å². The summed E-state index contributed by atoms with van der Waals surface area (Å²) in [6.07, 6.45) is 1.50. The van der Waals surface area contributed by atoms with Gasteiger partial charge in [0.2, 0.25) is 0 Å². The van der Waals surface area contributed by atoms with Gasteiger partial charge in [0.15, 0.2) is 5.79 Å². The number of amides is 2. The summed E-state index contributed by atoms with van der Waals surface area (Å²) in [5.41, 5.74) is 3.58. The molecule has 0 saturated carbocycles. The zero-order valence-corrected chi connectivity index (χ0v) is 14.2. The minimum atomic E-state index is -0.434. The van der Waals surface area contributed by atoms with Crippen molar-refractivity contribution in [2.24, 2.45) is 0 Å². The van der Waals surface area contributed by atoms with Crippen molar-refractivity contribution < 1.29 is 14.3 Å². The molecule has 2 fully saturated rings. The zero-order chi connectivity index (χ0) is 16.4. The van der Waals surface area contributed by atoms with E-state index in [1.165, 1.54) is 11.1 Å². The van der Waals surface area contributed by atoms with E-state index in [2.05, 4.69) is 37.4 Å². The molecule has 1 atom stereocenters. The molecule has 0 aromatic heterocycles. The van der Waals surface area contributed by atoms with E-state index < -0.39 is 5.79 Å². The number of hydrogen-bond donors (Lipinski definition) is 1. The highest BCUT2D eigenvalue weighted by Gasteiger charge is 2.40. The van der Waals surface area contributed by atoms with Gasteiger partial charge in [-0.2, -0.15) is 0 Å². The normalized spacial score (nSPS) is 21.4. The molecular formula is C18H26N2O3. The second-order valence-corrected chi connectivity index (χ2v) is 6.69. The van der Waals surface area contributed by atoms with Gasteiger partial charge in [0.1, 0.15) is 0 Å². The molecule has 2 amide bonds. The van der Waals surface area contributed by atoms with E-state index in [0.717, 1.165) is 18.4 Å². The van der Waals surface area contributed by atoms with Crippen LogP contribution in [0.2, 0.25) is 0 Å². The molecule has 0 bridgehead atoms. The summed E-state index contributed by atoms with van der Waals surface area (Å²) in [6.45, 7) is 8.86. The first-order valence-corrected chi connectivity index (χ1v) is 8.39. The Bertz CT molecular complexity index is 551. The Morgan fingerprint density at radius 1 is 1.13 bits per heavy atom. The minimum Gasteiger partial charge on any atom is -0.347 e. The van der Waals surface area contributed by atoms with E-state index in [-0.39, 0.29) is 12.1 Å². The third kappa shape index (κ3) is 3.67. The fourth-order valence-electron chi connectivity index (χ4n) is 3.46. The van der Waals surface area contributed by atoms with E-state index in [4.69, 9.17) is 9.47 Å². The molecule has 2 saturated heterocycles. The smallest absolute Gasteiger partial charge is 0.317 e. The number of piperidine rings is 1. The number of carbonyl (C=O) groups excluding carboxylic acids is 1. The molecule has 0 unspecified atom stereocenters. The van der Waals surface area contributed by atoms with Crippen LogP contribution < -0.4 is 5.32 Å². The highest BCUT2D eigenvalue weighted by atomic mass is 16.7. The molecule has 5 nitrogen and oxygen atoms in total. The largest absolute Gasteiger partial charge is 0.347 e. The Morgan fingerprint density at radius 3 is 2.26 bits per heavy atom. The van der Waals surface area contributed by atoms with Crippen molar-refractivity contribution in [2.45, 2.75) is 45.4 Å². The van der Waals surface area contributed by atoms with Crippen molar-refractivity contribution in [1.29, 1.82) is 0 Å². The van der Waals surface area contributed by atoms with Crippen molar-refractivity contribution in [1.82, 2.24) is 10.2 Å². The van der Waals surface area contributed by atoms with E-state index in [1.54, 1.807) is 0 Å². The Morgan fingerprint density at radius 2 is 1.70 bits per heavy atom. The molecule has 1 N–H and O–H groups in total. The summed E-state index contributed by atoms with van der Waals surface area (Å²) in [5, 5.41) is 3.10. The molecule has 1 aromatic rings. The number of rotatable bonds is 2. The fraction of sp³-hybridized carbons (Fsp3) is 0.611. The quantitative estimate of drug-likeness (QED) is 0.912. The molecule has 126 valence electrons. The SMILES string of the molecule is Cc1cc(C)cc([C@H](C)NC(=O)N2CCC3(CC2)OCCO3)c1. The van der Waals surface area contributed by atoms with Crippen molar-refractivity contribution in [2.75, 3.05) is 26.3 Å². The van der Waals surface area contributed by atoms with Gasteiger partial charge < -0.3 is 19.7 Å². The number of hydrogen-bond acceptors (Lipinski definition) is 3. The molecule has 1 spiro atoms. The van der Waals surface area contributed by atoms with Crippen molar-refractivity contribution in [3.05, 3.63) is 34.9 Å². The van der Waals surface area contributed by atoms with Crippen LogP contribution in [0.3, 0.4) is 0 Å². The lowest BCUT2D eigenvalue weighted by molar-refractivity contribution is -0.181. The lowest BCUT2D eigenvalue weighted by Gasteiger charge is -2.37. The van der Waals surface area contributed by atoms with E-state index in [1.807, 2.05) is 11.8 Å². The van der Waals surface area contributed by atoms with Crippen molar-refractivity contribution in [3.63, 3.8) is 0 Å². The lowest BCUT2D eigenvalue weighted by Crippen LogP contribution is -2.50. The average Bonchev–Trinajstić information content (AvgIpc) is 2.95. The minimum absolute atomic E-state index is 0.00373. The van der Waals surface area contributed by atoms with Crippen LogP contribution in [0.1, 0.15) is 42.5 Å². The second kappa shape index (κ2) is 6.49. The first-order chi connectivity index (χ1) is 11.0. The Kier molecular flexibility index (Phi) is 4.60. The first kappa shape index (κ1) is 16.3. The lowest BCUT2D eigenvalue weighted by atomic mass is 10.0. The molecule has 2 aliphatic heterocycles. The zero-order valence-electron chi connectivity index (χ0n) is 14.2. The number of nitrogens with zero attached hydrogens (tertiary/aromatic N) is 1. The van der Waals surface area contributed by atoms with Crippen LogP contribution in [0.4, 0.5) is 4.79 Å². The predicted octanol–water partition coefficient (Wildman–Crippen LogP) is 2.91. The van der Waals surface area contributed by atoms with E-state index in [9.17, 15) is 4.79 Å². The summed E-state index contributed by atoms with van der Waals surface area (Å²) in [4.78, 5) is 14.3. The monoisotopic (exact) mass is 318 g/mol. The fourth-order valence-corrected chi connectivity index (χ4v) is 3.46. The number of nitrogens with one attached hydrogen (secondary N) is 1. The topological polar surface area (TPSA) is 50.8 Å². The highest BCUT2D eigenvalue weighted by molar-refractivity contribution is 5.74. The number of likely N-dealkylation sites (tertiary alicyclic amines) is 1. The number of aryl methyl sites for hydroxylation is 2. The molecule has 3 rings (SSSR count). The second-order valence-electron chi connectivity index (χ2n) is 6.69. The van der Waals surface area contributed by atoms with Crippen LogP contribution in [-0.4, -0.2) is 43.0 Å². The molecular weight excluding hydrogens is 292 g/mol. The summed E-state index contributed by atoms with van der Waals surface area (Å²) >= 11 is 0. The Hall–Kier alpha value is -1.59. The van der Waals surface area contributed by atoms with Gasteiger partial charge in [0.05, 0.1) is 19.3 Å². The molecule has 2 aliphatic rings. The van der Waals surface area contributed by atoms with Gasteiger partial charge in [-0.15, -0.1) is 0 Å². The van der Waals surface area contributed by atoms with Gasteiger partial charge in [0.25, 0.3) is 0 Å². The van der Waals surface area contributed by atoms with Gasteiger partial charge in [-0.3, -0.25) is 0 Å². The molecule has 23 heavy (non-hydrogen) atoms. The van der Waals surface area contributed by atoms with Crippen LogP contribution in [0.15, 0.2) is 18.2 Å². The van der Waals surface area contributed by atoms with Crippen LogP contribution in [0.25, 0.3) is 0 Å². The number of benzene rings is 1. The van der Waals surface area contributed by atoms with Gasteiger partial charge in [-0.25, -0.2) is 4.79 Å². The standard InChI is InChI=1S/C18H26N2O3/c1-13-10-14(2)12-16(11-13)15(3)19-17(21)20-6-4-18(5-7-20)22-8-9-23-18/h10-12,15H,4-9H2,1-3H3,(H,19,21)/t15-/m0/s1. The summed E-state index contributed by atoms with van der Waals surface area (Å²) in [6, 6.07) is 6.39. The molecule has 0 aliphatic carbocycles. The molecule has 2 heterocycles. The Balaban J connectivity index is 1.56. The maximum absolute atomic E-state index is 12.5. The van der Waals surface area contributed by atoms with Crippen molar-refractivity contribution >= 4 is 6.03 Å². The number of carbonyl (C=O) groups is 1.